The van der Waals surface area contributed by atoms with E-state index in [1.54, 1.807) is 0 Å². The first-order valence-corrected chi connectivity index (χ1v) is 5.85. The van der Waals surface area contributed by atoms with Crippen LogP contribution in [0.4, 0.5) is 8.78 Å². The van der Waals surface area contributed by atoms with Gasteiger partial charge in [-0.05, 0) is 18.2 Å². The van der Waals surface area contributed by atoms with Crippen LogP contribution in [0, 0.1) is 11.6 Å². The van der Waals surface area contributed by atoms with Gasteiger partial charge in [-0.1, -0.05) is 0 Å². The third-order valence-corrected chi connectivity index (χ3v) is 2.82. The summed E-state index contributed by atoms with van der Waals surface area (Å²) in [6.07, 6.45) is 1.39. The number of hydrogen-bond donors (Lipinski definition) is 0. The van der Waals surface area contributed by atoms with Crippen LogP contribution in [-0.4, -0.2) is 32.7 Å². The largest absolute Gasteiger partial charge is 0.463 e. The molecule has 0 aliphatic carbocycles. The molecule has 0 aliphatic rings. The highest BCUT2D eigenvalue weighted by atomic mass is 19.1. The molecule has 1 aromatic carbocycles. The molecule has 8 heteroatoms. The first-order chi connectivity index (χ1) is 10.1. The molecule has 0 aliphatic heterocycles. The van der Waals surface area contributed by atoms with Crippen molar-refractivity contribution in [1.29, 1.82) is 0 Å². The molecule has 0 saturated heterocycles. The van der Waals surface area contributed by atoms with Crippen LogP contribution in [0.3, 0.4) is 0 Å². The summed E-state index contributed by atoms with van der Waals surface area (Å²) in [7, 11) is 1.20. The van der Waals surface area contributed by atoms with Gasteiger partial charge in [-0.25, -0.2) is 18.6 Å². The number of methoxy groups -OCH3 is 1. The van der Waals surface area contributed by atoms with Gasteiger partial charge in [0.05, 0.1) is 12.8 Å². The number of carbonyl (C=O) groups is 1. The summed E-state index contributed by atoms with van der Waals surface area (Å²) in [6, 6.07) is 4.65. The molecule has 0 fully saturated rings. The van der Waals surface area contributed by atoms with E-state index in [0.717, 1.165) is 12.1 Å². The molecule has 2 heterocycles. The van der Waals surface area contributed by atoms with E-state index in [9.17, 15) is 13.6 Å². The number of hydrogen-bond acceptors (Lipinski definition) is 5. The first kappa shape index (κ1) is 13.1. The molecule has 3 rings (SSSR count). The van der Waals surface area contributed by atoms with E-state index in [0.29, 0.717) is 5.69 Å². The maximum atomic E-state index is 13.9. The molecular formula is C13H8F2N4O2. The van der Waals surface area contributed by atoms with Crippen LogP contribution in [0.25, 0.3) is 17.0 Å². The summed E-state index contributed by atoms with van der Waals surface area (Å²) >= 11 is 0. The first-order valence-electron chi connectivity index (χ1n) is 5.85. The van der Waals surface area contributed by atoms with Crippen LogP contribution in [-0.2, 0) is 4.74 Å². The molecule has 0 atom stereocenters. The number of benzene rings is 1. The van der Waals surface area contributed by atoms with Crippen molar-refractivity contribution in [3.63, 3.8) is 0 Å². The minimum Gasteiger partial charge on any atom is -0.463 e. The van der Waals surface area contributed by atoms with E-state index in [4.69, 9.17) is 0 Å². The van der Waals surface area contributed by atoms with Crippen molar-refractivity contribution in [2.45, 2.75) is 0 Å². The summed E-state index contributed by atoms with van der Waals surface area (Å²) in [5, 5.41) is 3.93. The fourth-order valence-electron chi connectivity index (χ4n) is 1.87. The van der Waals surface area contributed by atoms with Crippen LogP contribution in [0.5, 0.6) is 0 Å². The second-order valence-corrected chi connectivity index (χ2v) is 4.09. The summed E-state index contributed by atoms with van der Waals surface area (Å²) in [6.45, 7) is 0. The van der Waals surface area contributed by atoms with Crippen molar-refractivity contribution < 1.29 is 18.3 Å². The monoisotopic (exact) mass is 290 g/mol. The van der Waals surface area contributed by atoms with Gasteiger partial charge in [0.25, 0.3) is 11.6 Å². The van der Waals surface area contributed by atoms with Crippen molar-refractivity contribution in [1.82, 2.24) is 19.6 Å². The number of halogens is 2. The molecule has 21 heavy (non-hydrogen) atoms. The molecule has 2 aromatic heterocycles. The number of fused-ring (bicyclic) bond motifs is 1. The fraction of sp³-hybridized carbons (Fsp3) is 0.0769. The Hall–Kier alpha value is -2.90. The molecule has 0 bridgehead atoms. The van der Waals surface area contributed by atoms with E-state index in [2.05, 4.69) is 19.8 Å². The highest BCUT2D eigenvalue weighted by molar-refractivity contribution is 5.85. The van der Waals surface area contributed by atoms with Gasteiger partial charge >= 0.3 is 5.97 Å². The molecule has 0 spiro atoms. The third kappa shape index (κ3) is 2.20. The lowest BCUT2D eigenvalue weighted by molar-refractivity contribution is 0.0587. The lowest BCUT2D eigenvalue weighted by Gasteiger charge is -2.04. The highest BCUT2D eigenvalue weighted by Crippen LogP contribution is 2.23. The molecule has 0 saturated carbocycles. The fourth-order valence-corrected chi connectivity index (χ4v) is 1.87. The molecule has 0 radical (unpaired) electrons. The number of nitrogens with zero attached hydrogens (tertiary/aromatic N) is 4. The Morgan fingerprint density at radius 1 is 1.29 bits per heavy atom. The summed E-state index contributed by atoms with van der Waals surface area (Å²) in [5.41, 5.74) is 0.408. The number of ether oxygens (including phenoxy) is 1. The number of rotatable bonds is 2. The van der Waals surface area contributed by atoms with Gasteiger partial charge < -0.3 is 4.74 Å². The average molecular weight is 290 g/mol. The quantitative estimate of drug-likeness (QED) is 0.674. The Kier molecular flexibility index (Phi) is 3.05. The van der Waals surface area contributed by atoms with Crippen molar-refractivity contribution in [3.05, 3.63) is 47.9 Å². The topological polar surface area (TPSA) is 69.4 Å². The molecule has 0 unspecified atom stereocenters. The predicted molar refractivity (Wildman–Crippen MR) is 67.5 cm³/mol. The molecule has 106 valence electrons. The van der Waals surface area contributed by atoms with Crippen LogP contribution in [0.2, 0.25) is 0 Å². The Balaban J connectivity index is 2.23. The van der Waals surface area contributed by atoms with Crippen LogP contribution >= 0.6 is 0 Å². The van der Waals surface area contributed by atoms with Crippen LogP contribution < -0.4 is 0 Å². The summed E-state index contributed by atoms with van der Waals surface area (Å²) in [5.74, 6) is -2.25. The number of esters is 1. The second-order valence-electron chi connectivity index (χ2n) is 4.09. The maximum Gasteiger partial charge on any atom is 0.378 e. The number of carbonyl (C=O) groups excluding carboxylic acids is 1. The molecule has 0 N–H and O–H groups in total. The zero-order valence-corrected chi connectivity index (χ0v) is 10.7. The Morgan fingerprint density at radius 2 is 2.10 bits per heavy atom. The molecule has 3 aromatic rings. The molecular weight excluding hydrogens is 282 g/mol. The molecule has 6 nitrogen and oxygen atoms in total. The normalized spacial score (nSPS) is 10.8. The van der Waals surface area contributed by atoms with E-state index in [1.807, 2.05) is 0 Å². The van der Waals surface area contributed by atoms with E-state index in [1.165, 1.54) is 30.0 Å². The predicted octanol–water partition coefficient (Wildman–Crippen LogP) is 1.86. The maximum absolute atomic E-state index is 13.9. The molecule has 0 amide bonds. The second kappa shape index (κ2) is 4.89. The van der Waals surface area contributed by atoms with Gasteiger partial charge in [-0.3, -0.25) is 0 Å². The lowest BCUT2D eigenvalue weighted by Crippen LogP contribution is -2.04. The van der Waals surface area contributed by atoms with Gasteiger partial charge in [0, 0.05) is 17.8 Å². The standard InChI is InChI=1S/C13H8F2N4O2/c1-21-12(20)11-17-13-16-5-4-10(19(13)18-11)8-3-2-7(14)6-9(8)15/h2-6H,1H3. The average Bonchev–Trinajstić information content (AvgIpc) is 2.90. The number of aromatic nitrogens is 4. The van der Waals surface area contributed by atoms with Crippen molar-refractivity contribution in [2.24, 2.45) is 0 Å². The minimum absolute atomic E-state index is 0.108. The SMILES string of the molecule is COC(=O)c1nc2nccc(-c3ccc(F)cc3F)n2n1. The minimum atomic E-state index is -0.752. The summed E-state index contributed by atoms with van der Waals surface area (Å²) in [4.78, 5) is 19.3. The highest BCUT2D eigenvalue weighted by Gasteiger charge is 2.17. The van der Waals surface area contributed by atoms with Gasteiger partial charge in [0.2, 0.25) is 0 Å². The zero-order valence-electron chi connectivity index (χ0n) is 10.7. The van der Waals surface area contributed by atoms with Crippen molar-refractivity contribution >= 4 is 11.7 Å². The third-order valence-electron chi connectivity index (χ3n) is 2.82. The van der Waals surface area contributed by atoms with Crippen molar-refractivity contribution in [2.75, 3.05) is 7.11 Å². The van der Waals surface area contributed by atoms with E-state index >= 15 is 0 Å². The van der Waals surface area contributed by atoms with Crippen molar-refractivity contribution in [3.8, 4) is 11.3 Å². The van der Waals surface area contributed by atoms with E-state index < -0.39 is 17.6 Å². The van der Waals surface area contributed by atoms with Gasteiger partial charge in [-0.15, -0.1) is 5.10 Å². The Morgan fingerprint density at radius 3 is 2.81 bits per heavy atom. The van der Waals surface area contributed by atoms with Gasteiger partial charge in [-0.2, -0.15) is 9.50 Å². The van der Waals surface area contributed by atoms with Gasteiger partial charge in [0.1, 0.15) is 11.6 Å². The Bertz CT molecular complexity index is 847. The van der Waals surface area contributed by atoms with Crippen LogP contribution in [0.1, 0.15) is 10.6 Å². The lowest BCUT2D eigenvalue weighted by atomic mass is 10.1. The van der Waals surface area contributed by atoms with Gasteiger partial charge in [0.15, 0.2) is 0 Å². The zero-order chi connectivity index (χ0) is 15.0. The van der Waals surface area contributed by atoms with E-state index in [-0.39, 0.29) is 17.2 Å². The smallest absolute Gasteiger partial charge is 0.378 e. The Labute approximate surface area is 117 Å². The van der Waals surface area contributed by atoms with Crippen LogP contribution in [0.15, 0.2) is 30.5 Å². The summed E-state index contributed by atoms with van der Waals surface area (Å²) < 4.78 is 32.6.